The van der Waals surface area contributed by atoms with E-state index in [1.165, 1.54) is 334 Å². The van der Waals surface area contributed by atoms with Gasteiger partial charge in [0.2, 0.25) is 5.91 Å². The van der Waals surface area contributed by atoms with Gasteiger partial charge in [-0.1, -0.05) is 378 Å². The monoisotopic (exact) mass is 1220 g/mol. The molecule has 0 heterocycles. The standard InChI is InChI=1S/C76H151N2O6P/c1-6-8-10-12-14-16-18-20-22-24-26-28-30-32-34-35-36-37-38-39-40-41-42-43-44-46-48-50-52-54-56-58-60-62-64-66-68-70-76(80)77-74(73-84-85(81,82)83-72-71-78(3,4)5)75(79)69-67-65-63-61-59-57-55-53-51-49-47-45-33-31-29-27-25-23-21-19-17-15-13-11-9-7-2/h18,20,24,26,74-75,79H,6-17,19,21-23,25,27-73H2,1-5H3,(H-,77,80,81,82)/p+1/b20-18-,26-24-. The van der Waals surface area contributed by atoms with Crippen LogP contribution in [0.3, 0.4) is 0 Å². The van der Waals surface area contributed by atoms with Crippen LogP contribution in [0.1, 0.15) is 406 Å². The molecule has 0 saturated carbocycles. The Morgan fingerprint density at radius 1 is 0.400 bits per heavy atom. The lowest BCUT2D eigenvalue weighted by Crippen LogP contribution is -2.46. The van der Waals surface area contributed by atoms with Gasteiger partial charge in [0.25, 0.3) is 0 Å². The predicted octanol–water partition coefficient (Wildman–Crippen LogP) is 24.6. The van der Waals surface area contributed by atoms with E-state index in [1.807, 2.05) is 21.1 Å². The number of phosphoric acid groups is 1. The van der Waals surface area contributed by atoms with Gasteiger partial charge in [-0.05, 0) is 44.9 Å². The van der Waals surface area contributed by atoms with Gasteiger partial charge in [0.05, 0.1) is 39.9 Å². The third kappa shape index (κ3) is 70.3. The maximum absolute atomic E-state index is 13.1. The summed E-state index contributed by atoms with van der Waals surface area (Å²) >= 11 is 0. The van der Waals surface area contributed by atoms with Gasteiger partial charge in [0.1, 0.15) is 13.2 Å². The topological polar surface area (TPSA) is 105 Å². The van der Waals surface area contributed by atoms with Crippen LogP contribution < -0.4 is 5.32 Å². The Morgan fingerprint density at radius 2 is 0.671 bits per heavy atom. The predicted molar refractivity (Wildman–Crippen MR) is 374 cm³/mol. The van der Waals surface area contributed by atoms with Crippen molar-refractivity contribution in [2.45, 2.75) is 418 Å². The summed E-state index contributed by atoms with van der Waals surface area (Å²) in [5.74, 6) is -0.134. The summed E-state index contributed by atoms with van der Waals surface area (Å²) in [5, 5.41) is 14.2. The Balaban J connectivity index is 3.91. The van der Waals surface area contributed by atoms with Crippen molar-refractivity contribution in [3.8, 4) is 0 Å². The number of aliphatic hydroxyl groups is 1. The van der Waals surface area contributed by atoms with Crippen molar-refractivity contribution in [2.24, 2.45) is 0 Å². The second-order valence-electron chi connectivity index (χ2n) is 27.7. The molecule has 0 rings (SSSR count). The van der Waals surface area contributed by atoms with Crippen molar-refractivity contribution in [1.29, 1.82) is 0 Å². The lowest BCUT2D eigenvalue weighted by molar-refractivity contribution is -0.870. The van der Waals surface area contributed by atoms with E-state index < -0.39 is 20.0 Å². The molecule has 85 heavy (non-hydrogen) atoms. The second kappa shape index (κ2) is 67.4. The molecule has 3 atom stereocenters. The molecule has 0 radical (unpaired) electrons. The van der Waals surface area contributed by atoms with Crippen LogP contribution in [0.5, 0.6) is 0 Å². The van der Waals surface area contributed by atoms with E-state index >= 15 is 0 Å². The van der Waals surface area contributed by atoms with Gasteiger partial charge in [-0.3, -0.25) is 13.8 Å². The number of amides is 1. The van der Waals surface area contributed by atoms with E-state index in [4.69, 9.17) is 9.05 Å². The normalized spacial score (nSPS) is 13.6. The molecule has 1 amide bonds. The third-order valence-electron chi connectivity index (χ3n) is 18.0. The van der Waals surface area contributed by atoms with E-state index in [-0.39, 0.29) is 19.1 Å². The van der Waals surface area contributed by atoms with Gasteiger partial charge in [0, 0.05) is 6.42 Å². The minimum Gasteiger partial charge on any atom is -0.391 e. The van der Waals surface area contributed by atoms with E-state index in [9.17, 15) is 19.4 Å². The summed E-state index contributed by atoms with van der Waals surface area (Å²) in [6.45, 7) is 4.95. The van der Waals surface area contributed by atoms with E-state index in [1.54, 1.807) is 0 Å². The number of rotatable bonds is 72. The summed E-state index contributed by atoms with van der Waals surface area (Å²) in [4.78, 5) is 23.5. The number of likely N-dealkylation sites (N-methyl/N-ethyl adjacent to an activating group) is 1. The van der Waals surface area contributed by atoms with Gasteiger partial charge < -0.3 is 19.8 Å². The fourth-order valence-corrected chi connectivity index (χ4v) is 12.8. The van der Waals surface area contributed by atoms with Crippen LogP contribution in [0.4, 0.5) is 0 Å². The fraction of sp³-hybridized carbons (Fsp3) is 0.934. The number of unbranched alkanes of at least 4 members (excludes halogenated alkanes) is 55. The van der Waals surface area contributed by atoms with E-state index in [2.05, 4.69) is 43.5 Å². The molecule has 0 aliphatic rings. The smallest absolute Gasteiger partial charge is 0.391 e. The Bertz CT molecular complexity index is 1430. The molecule has 0 aliphatic carbocycles. The molecule has 506 valence electrons. The molecule has 0 aliphatic heterocycles. The number of carbonyl (C=O) groups is 1. The first kappa shape index (κ1) is 84.0. The van der Waals surface area contributed by atoms with Crippen LogP contribution >= 0.6 is 7.82 Å². The lowest BCUT2D eigenvalue weighted by Gasteiger charge is -2.26. The fourth-order valence-electron chi connectivity index (χ4n) is 12.0. The minimum absolute atomic E-state index is 0.0782. The van der Waals surface area contributed by atoms with Crippen LogP contribution in [-0.4, -0.2) is 73.4 Å². The SMILES string of the molecule is CCCCCCC/C=C\C/C=C\CCCCCCCCCCCCCCCCCCCCCCCCCCCC(=O)NC(COP(=O)(O)OCC[N+](C)(C)C)C(O)CCCCCCCCCCCCCCCCCCCCCCCCCCCC. The largest absolute Gasteiger partial charge is 0.472 e. The summed E-state index contributed by atoms with van der Waals surface area (Å²) < 4.78 is 23.9. The molecule has 3 N–H and O–H groups in total. The Morgan fingerprint density at radius 3 is 0.965 bits per heavy atom. The highest BCUT2D eigenvalue weighted by Crippen LogP contribution is 2.43. The first-order chi connectivity index (χ1) is 41.5. The Hall–Kier alpha value is -1.02. The summed E-state index contributed by atoms with van der Waals surface area (Å²) in [6, 6.07) is -0.759. The highest BCUT2D eigenvalue weighted by atomic mass is 31.2. The first-order valence-corrected chi connectivity index (χ1v) is 39.7. The molecule has 0 fully saturated rings. The highest BCUT2D eigenvalue weighted by molar-refractivity contribution is 7.47. The Kier molecular flexibility index (Phi) is 66.6. The maximum atomic E-state index is 13.1. The molecule has 0 aromatic carbocycles. The van der Waals surface area contributed by atoms with Crippen LogP contribution in [0.15, 0.2) is 24.3 Å². The zero-order valence-corrected chi connectivity index (χ0v) is 59.0. The molecular weight excluding hydrogens is 1070 g/mol. The molecule has 0 aromatic heterocycles. The van der Waals surface area contributed by atoms with Gasteiger partial charge in [-0.25, -0.2) is 4.57 Å². The first-order valence-electron chi connectivity index (χ1n) is 38.2. The number of quaternary nitrogens is 1. The number of phosphoric ester groups is 1. The van der Waals surface area contributed by atoms with Crippen molar-refractivity contribution < 1.29 is 32.9 Å². The number of carbonyl (C=O) groups excluding carboxylic acids is 1. The average Bonchev–Trinajstić information content (AvgIpc) is 3.49. The van der Waals surface area contributed by atoms with Crippen LogP contribution in [0, 0.1) is 0 Å². The number of hydrogen-bond acceptors (Lipinski definition) is 5. The van der Waals surface area contributed by atoms with Crippen molar-refractivity contribution >= 4 is 13.7 Å². The average molecular weight is 1220 g/mol. The minimum atomic E-state index is -4.33. The Labute approximate surface area is 532 Å². The van der Waals surface area contributed by atoms with Gasteiger partial charge in [-0.2, -0.15) is 0 Å². The summed E-state index contributed by atoms with van der Waals surface area (Å²) in [7, 11) is 1.64. The van der Waals surface area contributed by atoms with Gasteiger partial charge in [0.15, 0.2) is 0 Å². The highest BCUT2D eigenvalue weighted by Gasteiger charge is 2.28. The zero-order valence-electron chi connectivity index (χ0n) is 58.1. The van der Waals surface area contributed by atoms with Crippen LogP contribution in [-0.2, 0) is 18.4 Å². The van der Waals surface area contributed by atoms with Crippen molar-refractivity contribution in [1.82, 2.24) is 5.32 Å². The number of nitrogens with one attached hydrogen (secondary N) is 1. The number of hydrogen-bond donors (Lipinski definition) is 3. The number of allylic oxidation sites excluding steroid dienone is 4. The molecule has 3 unspecified atom stereocenters. The second-order valence-corrected chi connectivity index (χ2v) is 29.2. The number of aliphatic hydroxyl groups excluding tert-OH is 1. The molecule has 0 spiro atoms. The molecule has 8 nitrogen and oxygen atoms in total. The van der Waals surface area contributed by atoms with Crippen molar-refractivity contribution in [2.75, 3.05) is 40.9 Å². The van der Waals surface area contributed by atoms with E-state index in [0.29, 0.717) is 23.9 Å². The van der Waals surface area contributed by atoms with Crippen LogP contribution in [0.25, 0.3) is 0 Å². The van der Waals surface area contributed by atoms with E-state index in [0.717, 1.165) is 44.9 Å². The third-order valence-corrected chi connectivity index (χ3v) is 18.9. The summed E-state index contributed by atoms with van der Waals surface area (Å²) in [6.07, 6.45) is 88.8. The lowest BCUT2D eigenvalue weighted by atomic mass is 10.0. The number of nitrogens with zero attached hydrogens (tertiary/aromatic N) is 1. The molecular formula is C76H152N2O6P+. The molecule has 0 aromatic rings. The zero-order chi connectivity index (χ0) is 61.9. The van der Waals surface area contributed by atoms with Crippen molar-refractivity contribution in [3.63, 3.8) is 0 Å². The maximum Gasteiger partial charge on any atom is 0.472 e. The quantitative estimate of drug-likeness (QED) is 0.0243. The van der Waals surface area contributed by atoms with Gasteiger partial charge in [-0.15, -0.1) is 0 Å². The van der Waals surface area contributed by atoms with Gasteiger partial charge >= 0.3 is 7.82 Å². The van der Waals surface area contributed by atoms with Crippen LogP contribution in [0.2, 0.25) is 0 Å². The molecule has 0 bridgehead atoms. The summed E-state index contributed by atoms with van der Waals surface area (Å²) in [5.41, 5.74) is 0. The van der Waals surface area contributed by atoms with Crippen molar-refractivity contribution in [3.05, 3.63) is 24.3 Å². The molecule has 0 saturated heterocycles. The molecule has 9 heteroatoms.